The van der Waals surface area contributed by atoms with Crippen molar-refractivity contribution in [3.63, 3.8) is 0 Å². The van der Waals surface area contributed by atoms with Crippen LogP contribution in [0.1, 0.15) is 49.2 Å². The molecule has 2 aromatic rings. The van der Waals surface area contributed by atoms with Crippen LogP contribution in [-0.4, -0.2) is 72.7 Å². The van der Waals surface area contributed by atoms with Crippen LogP contribution in [0.5, 0.6) is 0 Å². The number of rotatable bonds is 7. The molecule has 0 aromatic heterocycles. The first-order chi connectivity index (χ1) is 18.1. The second kappa shape index (κ2) is 11.2. The molecular formula is C29H36N6O3. The molecule has 1 atom stereocenters. The largest absolute Gasteiger partial charge is 0.330 e. The minimum atomic E-state index is -0.548. The highest BCUT2D eigenvalue weighted by Gasteiger charge is 2.46. The van der Waals surface area contributed by atoms with Gasteiger partial charge in [-0.2, -0.15) is 0 Å². The van der Waals surface area contributed by atoms with E-state index in [-0.39, 0.29) is 23.9 Å². The number of hydrogen-bond donors (Lipinski definition) is 3. The number of urea groups is 1. The van der Waals surface area contributed by atoms with Crippen LogP contribution < -0.4 is 16.0 Å². The zero-order valence-electron chi connectivity index (χ0n) is 22.7. The number of carbonyl (C=O) groups is 3. The lowest BCUT2D eigenvalue weighted by Crippen LogP contribution is -2.52. The molecule has 9 heteroatoms. The zero-order chi connectivity index (χ0) is 27.4. The summed E-state index contributed by atoms with van der Waals surface area (Å²) in [5.74, 6) is 0.127. The topological polar surface area (TPSA) is 106 Å². The molecule has 2 aliphatic heterocycles. The highest BCUT2D eigenvalue weighted by molar-refractivity contribution is 6.14. The van der Waals surface area contributed by atoms with Gasteiger partial charge in [0.2, 0.25) is 5.91 Å². The van der Waals surface area contributed by atoms with E-state index < -0.39 is 5.54 Å². The number of amides is 4. The normalized spacial score (nSPS) is 16.7. The molecule has 2 aliphatic rings. The Morgan fingerprint density at radius 3 is 2.34 bits per heavy atom. The Morgan fingerprint density at radius 1 is 1.03 bits per heavy atom. The van der Waals surface area contributed by atoms with Crippen LogP contribution >= 0.6 is 0 Å². The van der Waals surface area contributed by atoms with Crippen LogP contribution in [0, 0.1) is 0 Å². The summed E-state index contributed by atoms with van der Waals surface area (Å²) >= 11 is 0. The highest BCUT2D eigenvalue weighted by Crippen LogP contribution is 2.38. The van der Waals surface area contributed by atoms with Crippen LogP contribution in [0.2, 0.25) is 0 Å². The summed E-state index contributed by atoms with van der Waals surface area (Å²) in [5.41, 5.74) is 3.50. The Labute approximate surface area is 224 Å². The van der Waals surface area contributed by atoms with Crippen molar-refractivity contribution >= 4 is 29.4 Å². The maximum atomic E-state index is 13.6. The van der Waals surface area contributed by atoms with Gasteiger partial charge in [0, 0.05) is 29.8 Å². The quantitative estimate of drug-likeness (QED) is 0.523. The lowest BCUT2D eigenvalue weighted by atomic mass is 9.94. The fourth-order valence-corrected chi connectivity index (χ4v) is 4.83. The van der Waals surface area contributed by atoms with Crippen molar-refractivity contribution in [1.29, 1.82) is 0 Å². The minimum Gasteiger partial charge on any atom is -0.330 e. The van der Waals surface area contributed by atoms with E-state index in [1.54, 1.807) is 31.2 Å². The molecule has 0 saturated heterocycles. The van der Waals surface area contributed by atoms with Crippen LogP contribution in [0.3, 0.4) is 0 Å². The number of hydrogen-bond acceptors (Lipinski definition) is 5. The van der Waals surface area contributed by atoms with Crippen molar-refractivity contribution < 1.29 is 14.4 Å². The number of nitrogens with zero attached hydrogens (tertiary/aromatic N) is 3. The molecule has 0 bridgehead atoms. The third-order valence-electron chi connectivity index (χ3n) is 7.05. The Morgan fingerprint density at radius 2 is 1.71 bits per heavy atom. The Kier molecular flexibility index (Phi) is 7.97. The van der Waals surface area contributed by atoms with Gasteiger partial charge in [-0.3, -0.25) is 14.6 Å². The molecule has 200 valence electrons. The molecule has 3 N–H and O–H groups in total. The van der Waals surface area contributed by atoms with Gasteiger partial charge in [-0.1, -0.05) is 37.3 Å². The summed E-state index contributed by atoms with van der Waals surface area (Å²) in [5, 5.41) is 8.92. The second-order valence-corrected chi connectivity index (χ2v) is 10.4. The Balaban J connectivity index is 1.44. The lowest BCUT2D eigenvalue weighted by Gasteiger charge is -2.36. The summed E-state index contributed by atoms with van der Waals surface area (Å²) in [6.45, 7) is 7.27. The van der Waals surface area contributed by atoms with E-state index in [9.17, 15) is 14.4 Å². The van der Waals surface area contributed by atoms with Crippen molar-refractivity contribution in [2.24, 2.45) is 4.99 Å². The SMILES string of the molecule is CCC(=O)Nc1ccc(C(=O)NC2=NCC3=C2CN(C(=O)N[C@H](CN(C)C)c2ccccc2)C3(C)C)cc1. The molecule has 4 amide bonds. The predicted octanol–water partition coefficient (Wildman–Crippen LogP) is 3.58. The minimum absolute atomic E-state index is 0.0868. The number of likely N-dealkylation sites (N-methyl/N-ethyl adjacent to an activating group) is 1. The van der Waals surface area contributed by atoms with E-state index in [1.807, 2.05) is 63.2 Å². The van der Waals surface area contributed by atoms with Gasteiger partial charge < -0.3 is 25.8 Å². The summed E-state index contributed by atoms with van der Waals surface area (Å²) in [6.07, 6.45) is 0.382. The lowest BCUT2D eigenvalue weighted by molar-refractivity contribution is -0.115. The van der Waals surface area contributed by atoms with Crippen molar-refractivity contribution in [3.05, 3.63) is 76.9 Å². The molecule has 0 unspecified atom stereocenters. The van der Waals surface area contributed by atoms with Crippen molar-refractivity contribution in [2.45, 2.75) is 38.8 Å². The first-order valence-corrected chi connectivity index (χ1v) is 12.9. The monoisotopic (exact) mass is 516 g/mol. The van der Waals surface area contributed by atoms with Gasteiger partial charge in [0.15, 0.2) is 0 Å². The van der Waals surface area contributed by atoms with E-state index in [0.29, 0.717) is 43.1 Å². The van der Waals surface area contributed by atoms with Crippen molar-refractivity contribution in [3.8, 4) is 0 Å². The van der Waals surface area contributed by atoms with Crippen LogP contribution in [-0.2, 0) is 4.79 Å². The molecule has 4 rings (SSSR count). The molecular weight excluding hydrogens is 480 g/mol. The molecule has 0 radical (unpaired) electrons. The summed E-state index contributed by atoms with van der Waals surface area (Å²) in [6, 6.07) is 16.4. The predicted molar refractivity (Wildman–Crippen MR) is 149 cm³/mol. The average Bonchev–Trinajstić information content (AvgIpc) is 3.41. The number of nitrogens with one attached hydrogen (secondary N) is 3. The molecule has 38 heavy (non-hydrogen) atoms. The summed E-state index contributed by atoms with van der Waals surface area (Å²) in [4.78, 5) is 46.6. The van der Waals surface area contributed by atoms with Gasteiger partial charge in [0.05, 0.1) is 24.7 Å². The zero-order valence-corrected chi connectivity index (χ0v) is 22.7. The standard InChI is InChI=1S/C29H36N6O3/c1-6-25(36)31-21-14-12-20(13-15-21)27(37)33-26-22-17-35(29(2,3)23(22)16-30-26)28(38)32-24(18-34(4)5)19-10-8-7-9-11-19/h7-15,24H,6,16-18H2,1-5H3,(H,31,36)(H,32,38)(H,30,33,37)/t24-/m1/s1. The van der Waals surface area contributed by atoms with E-state index in [2.05, 4.69) is 25.8 Å². The molecule has 0 aliphatic carbocycles. The number of anilines is 1. The van der Waals surface area contributed by atoms with Gasteiger partial charge in [-0.25, -0.2) is 4.79 Å². The van der Waals surface area contributed by atoms with Crippen molar-refractivity contribution in [1.82, 2.24) is 20.4 Å². The van der Waals surface area contributed by atoms with Crippen molar-refractivity contribution in [2.75, 3.05) is 39.0 Å². The first-order valence-electron chi connectivity index (χ1n) is 12.9. The number of aliphatic imine (C=N–C) groups is 1. The fourth-order valence-electron chi connectivity index (χ4n) is 4.83. The maximum absolute atomic E-state index is 13.6. The summed E-state index contributed by atoms with van der Waals surface area (Å²) < 4.78 is 0. The molecule has 9 nitrogen and oxygen atoms in total. The number of carbonyl (C=O) groups excluding carboxylic acids is 3. The van der Waals surface area contributed by atoms with E-state index in [1.165, 1.54) is 0 Å². The number of amidine groups is 1. The van der Waals surface area contributed by atoms with Gasteiger partial charge in [-0.15, -0.1) is 0 Å². The van der Waals surface area contributed by atoms with Gasteiger partial charge >= 0.3 is 6.03 Å². The third-order valence-corrected chi connectivity index (χ3v) is 7.05. The number of benzene rings is 2. The van der Waals surface area contributed by atoms with E-state index in [4.69, 9.17) is 0 Å². The van der Waals surface area contributed by atoms with Gasteiger partial charge in [-0.05, 0) is 63.3 Å². The Bertz CT molecular complexity index is 1260. The van der Waals surface area contributed by atoms with E-state index >= 15 is 0 Å². The average molecular weight is 517 g/mol. The molecule has 0 saturated carbocycles. The third kappa shape index (κ3) is 5.78. The first kappa shape index (κ1) is 27.1. The van der Waals surface area contributed by atoms with Crippen LogP contribution in [0.4, 0.5) is 10.5 Å². The van der Waals surface area contributed by atoms with Gasteiger partial charge in [0.1, 0.15) is 5.84 Å². The second-order valence-electron chi connectivity index (χ2n) is 10.4. The maximum Gasteiger partial charge on any atom is 0.318 e. The van der Waals surface area contributed by atoms with Crippen LogP contribution in [0.25, 0.3) is 0 Å². The fraction of sp³-hybridized carbons (Fsp3) is 0.379. The molecule has 2 aromatic carbocycles. The smallest absolute Gasteiger partial charge is 0.318 e. The Hall–Kier alpha value is -3.98. The molecule has 2 heterocycles. The molecule has 0 fully saturated rings. The van der Waals surface area contributed by atoms with E-state index in [0.717, 1.165) is 16.7 Å². The van der Waals surface area contributed by atoms with Gasteiger partial charge in [0.25, 0.3) is 5.91 Å². The molecule has 0 spiro atoms. The highest BCUT2D eigenvalue weighted by atomic mass is 16.2. The van der Waals surface area contributed by atoms with Crippen LogP contribution in [0.15, 0.2) is 70.7 Å². The summed E-state index contributed by atoms with van der Waals surface area (Å²) in [7, 11) is 3.97.